The van der Waals surface area contributed by atoms with Gasteiger partial charge in [0.05, 0.1) is 51.1 Å². The molecule has 0 fully saturated rings. The Balaban J connectivity index is 3.44. The van der Waals surface area contributed by atoms with Gasteiger partial charge < -0.3 is 0 Å². The van der Waals surface area contributed by atoms with Crippen LogP contribution in [0.4, 0.5) is 26.3 Å². The molecule has 0 amide bonds. The summed E-state index contributed by atoms with van der Waals surface area (Å²) in [7, 11) is 0. The normalized spacial score (nSPS) is 11.3. The molecule has 2 rings (SSSR count). The number of benzene rings is 2. The number of nitriles is 7. The van der Waals surface area contributed by atoms with Gasteiger partial charge in [-0.2, -0.15) is 63.2 Å². The van der Waals surface area contributed by atoms with Crippen LogP contribution in [0.15, 0.2) is 18.2 Å². The predicted molar refractivity (Wildman–Crippen MR) is 104 cm³/mol. The Morgan fingerprint density at radius 3 is 1.42 bits per heavy atom. The minimum Gasteiger partial charge on any atom is -0.192 e. The summed E-state index contributed by atoms with van der Waals surface area (Å²) in [4.78, 5) is 0. The highest BCUT2D eigenvalue weighted by Crippen LogP contribution is 2.42. The van der Waals surface area contributed by atoms with E-state index >= 15 is 0 Å². The second-order valence-corrected chi connectivity index (χ2v) is 6.57. The Morgan fingerprint density at radius 2 is 1.03 bits per heavy atom. The summed E-state index contributed by atoms with van der Waals surface area (Å²) in [5.74, 6) is 0. The van der Waals surface area contributed by atoms with Gasteiger partial charge in [-0.15, -0.1) is 0 Å². The highest BCUT2D eigenvalue weighted by molar-refractivity contribution is 5.85. The Morgan fingerprint density at radius 1 is 0.556 bits per heavy atom. The number of hydrogen-bond donors (Lipinski definition) is 0. The largest absolute Gasteiger partial charge is 0.417 e. The van der Waals surface area contributed by atoms with Crippen LogP contribution in [0.5, 0.6) is 0 Å². The fourth-order valence-electron chi connectivity index (χ4n) is 3.21. The van der Waals surface area contributed by atoms with Gasteiger partial charge in [0.25, 0.3) is 0 Å². The molecule has 0 aliphatic carbocycles. The highest BCUT2D eigenvalue weighted by atomic mass is 19.4. The number of rotatable bonds is 1. The van der Waals surface area contributed by atoms with Crippen molar-refractivity contribution in [2.24, 2.45) is 0 Å². The molecule has 13 heteroatoms. The van der Waals surface area contributed by atoms with Crippen LogP contribution in [0.25, 0.3) is 11.1 Å². The van der Waals surface area contributed by atoms with Gasteiger partial charge in [-0.3, -0.25) is 0 Å². The molecule has 0 heterocycles. The van der Waals surface area contributed by atoms with Crippen molar-refractivity contribution in [3.63, 3.8) is 0 Å². The molecular weight excluding hydrogens is 488 g/mol. The molecule has 172 valence electrons. The Bertz CT molecular complexity index is 1720. The third-order valence-corrected chi connectivity index (χ3v) is 4.68. The number of hydrogen-bond acceptors (Lipinski definition) is 7. The quantitative estimate of drug-likeness (QED) is 0.552. The van der Waals surface area contributed by atoms with Crippen molar-refractivity contribution in [1.29, 1.82) is 36.8 Å². The summed E-state index contributed by atoms with van der Waals surface area (Å²) in [6, 6.07) is 10.5. The standard InChI is InChI=1S/C23H3F6N7/c24-22(25,26)19-3-20(23(27,28)29)21(18(10-36)16(19)8-34)17(9-35)15-2-11(4-30)14(1-12(15)5-31)13(6-32)7-33/h1-3H/b17-15+. The molecule has 0 spiro atoms. The van der Waals surface area contributed by atoms with Crippen molar-refractivity contribution in [2.75, 3.05) is 0 Å². The first-order chi connectivity index (χ1) is 16.8. The lowest BCUT2D eigenvalue weighted by Gasteiger charge is -2.19. The molecule has 36 heavy (non-hydrogen) atoms. The van der Waals surface area contributed by atoms with Crippen LogP contribution >= 0.6 is 0 Å². The van der Waals surface area contributed by atoms with Crippen LogP contribution in [-0.4, -0.2) is 0 Å². The summed E-state index contributed by atoms with van der Waals surface area (Å²) in [5.41, 5.74) is -11.4. The van der Waals surface area contributed by atoms with Gasteiger partial charge in [-0.25, -0.2) is 0 Å². The van der Waals surface area contributed by atoms with Crippen LogP contribution in [-0.2, 0) is 12.4 Å². The maximum atomic E-state index is 13.9. The number of alkyl halides is 6. The van der Waals surface area contributed by atoms with Crippen LogP contribution in [0.3, 0.4) is 0 Å². The van der Waals surface area contributed by atoms with Gasteiger partial charge in [0.1, 0.15) is 35.9 Å². The molecule has 0 bridgehead atoms. The van der Waals surface area contributed by atoms with Crippen LogP contribution < -0.4 is 10.4 Å². The lowest BCUT2D eigenvalue weighted by atomic mass is 9.86. The zero-order valence-electron chi connectivity index (χ0n) is 17.1. The van der Waals surface area contributed by atoms with Crippen LogP contribution in [0.2, 0.25) is 0 Å². The Hall–Kier alpha value is -5.81. The molecule has 0 radical (unpaired) electrons. The molecule has 0 saturated heterocycles. The van der Waals surface area contributed by atoms with E-state index in [0.29, 0.717) is 6.07 Å². The van der Waals surface area contributed by atoms with Gasteiger partial charge in [-0.1, -0.05) is 0 Å². The van der Waals surface area contributed by atoms with Gasteiger partial charge in [0, 0.05) is 16.0 Å². The molecule has 0 aromatic heterocycles. The molecular formula is C23H3F6N7. The van der Waals surface area contributed by atoms with Crippen molar-refractivity contribution in [1.82, 2.24) is 0 Å². The number of nitrogens with zero attached hydrogens (tertiary/aromatic N) is 7. The molecule has 2 aromatic carbocycles. The summed E-state index contributed by atoms with van der Waals surface area (Å²) in [6.07, 6.45) is -11.0. The van der Waals surface area contributed by atoms with E-state index < -0.39 is 73.7 Å². The molecule has 0 unspecified atom stereocenters. The van der Waals surface area contributed by atoms with E-state index in [1.807, 2.05) is 0 Å². The second kappa shape index (κ2) is 9.59. The third-order valence-electron chi connectivity index (χ3n) is 4.68. The topological polar surface area (TPSA) is 167 Å². The maximum Gasteiger partial charge on any atom is 0.417 e. The van der Waals surface area contributed by atoms with Crippen LogP contribution in [0.1, 0.15) is 38.9 Å². The summed E-state index contributed by atoms with van der Waals surface area (Å²) in [5, 5.41) is 64.4. The van der Waals surface area contributed by atoms with Crippen molar-refractivity contribution < 1.29 is 26.3 Å². The van der Waals surface area contributed by atoms with Crippen molar-refractivity contribution >= 4 is 11.1 Å². The van der Waals surface area contributed by atoms with Crippen molar-refractivity contribution in [3.8, 4) is 42.5 Å². The van der Waals surface area contributed by atoms with E-state index in [1.165, 1.54) is 24.3 Å². The molecule has 0 aliphatic heterocycles. The third kappa shape index (κ3) is 4.48. The molecule has 0 saturated carbocycles. The SMILES string of the molecule is N#CC(C#N)=c1cc(C#N)/c(=C(\C#N)c2c(C(F)(F)F)cc(C(F)(F)F)c(C#N)c2C#N)cc1C#N. The van der Waals surface area contributed by atoms with Crippen molar-refractivity contribution in [3.05, 3.63) is 67.6 Å². The van der Waals surface area contributed by atoms with Gasteiger partial charge in [0.2, 0.25) is 0 Å². The van der Waals surface area contributed by atoms with E-state index in [-0.39, 0.29) is 5.22 Å². The fraction of sp³-hybridized carbons (Fsp3) is 0.0870. The highest BCUT2D eigenvalue weighted by Gasteiger charge is 2.43. The summed E-state index contributed by atoms with van der Waals surface area (Å²) in [6.45, 7) is 0. The first kappa shape index (κ1) is 26.4. The zero-order chi connectivity index (χ0) is 27.4. The average molecular weight is 491 g/mol. The van der Waals surface area contributed by atoms with E-state index in [2.05, 4.69) is 0 Å². The predicted octanol–water partition coefficient (Wildman–Crippen LogP) is 3.13. The fourth-order valence-corrected chi connectivity index (χ4v) is 3.21. The smallest absolute Gasteiger partial charge is 0.192 e. The van der Waals surface area contributed by atoms with Gasteiger partial charge >= 0.3 is 12.4 Å². The molecule has 0 N–H and O–H groups in total. The van der Waals surface area contributed by atoms with E-state index in [4.69, 9.17) is 10.5 Å². The second-order valence-electron chi connectivity index (χ2n) is 6.57. The zero-order valence-corrected chi connectivity index (χ0v) is 17.1. The van der Waals surface area contributed by atoms with E-state index in [1.54, 1.807) is 6.07 Å². The maximum absolute atomic E-state index is 13.9. The number of halogens is 6. The van der Waals surface area contributed by atoms with E-state index in [0.717, 1.165) is 18.2 Å². The summed E-state index contributed by atoms with van der Waals surface area (Å²) >= 11 is 0. The Labute approximate surface area is 197 Å². The lowest BCUT2D eigenvalue weighted by molar-refractivity contribution is -0.143. The molecule has 7 nitrogen and oxygen atoms in total. The van der Waals surface area contributed by atoms with Crippen LogP contribution in [0, 0.1) is 79.3 Å². The minimum atomic E-state index is -5.57. The van der Waals surface area contributed by atoms with Gasteiger partial charge in [-0.05, 0) is 18.2 Å². The molecule has 0 aliphatic rings. The van der Waals surface area contributed by atoms with Crippen molar-refractivity contribution in [2.45, 2.75) is 12.4 Å². The molecule has 2 aromatic rings. The van der Waals surface area contributed by atoms with Gasteiger partial charge in [0.15, 0.2) is 0 Å². The first-order valence-corrected chi connectivity index (χ1v) is 8.93. The lowest BCUT2D eigenvalue weighted by Crippen LogP contribution is -2.24. The Kier molecular flexibility index (Phi) is 7.04. The average Bonchev–Trinajstić information content (AvgIpc) is 2.83. The molecule has 0 atom stereocenters. The first-order valence-electron chi connectivity index (χ1n) is 8.93. The monoisotopic (exact) mass is 491 g/mol. The van der Waals surface area contributed by atoms with E-state index in [9.17, 15) is 52.7 Å². The minimum absolute atomic E-state index is 0.387. The summed E-state index contributed by atoms with van der Waals surface area (Å²) < 4.78 is 82.0.